The average Bonchev–Trinajstić information content (AvgIpc) is 3.69. The Morgan fingerprint density at radius 2 is 1.97 bits per heavy atom. The molecule has 0 saturated carbocycles. The lowest BCUT2D eigenvalue weighted by molar-refractivity contribution is 0.0696. The Balaban J connectivity index is 0.000000177. The second-order valence-corrected chi connectivity index (χ2v) is 9.70. The fraction of sp³-hybridized carbons (Fsp3) is 0.233. The van der Waals surface area contributed by atoms with Gasteiger partial charge >= 0.3 is 5.97 Å². The molecule has 9 heteroatoms. The largest absolute Gasteiger partial charge is 0.492 e. The molecular formula is C30H32N6O3. The first kappa shape index (κ1) is 26.0. The Hall–Kier alpha value is -4.63. The summed E-state index contributed by atoms with van der Waals surface area (Å²) >= 11 is 0. The van der Waals surface area contributed by atoms with Crippen LogP contribution in [0.3, 0.4) is 0 Å². The van der Waals surface area contributed by atoms with Crippen LogP contribution in [0, 0.1) is 0 Å². The molecular weight excluding hydrogens is 492 g/mol. The number of nitrogens with zero attached hydrogens (tertiary/aromatic N) is 4. The van der Waals surface area contributed by atoms with E-state index in [9.17, 15) is 4.79 Å². The lowest BCUT2D eigenvalue weighted by Crippen LogP contribution is -2.30. The number of nitrogen functional groups attached to an aromatic ring is 1. The Kier molecular flexibility index (Phi) is 7.88. The summed E-state index contributed by atoms with van der Waals surface area (Å²) in [6.45, 7) is 2.49. The second-order valence-electron chi connectivity index (χ2n) is 9.70. The lowest BCUT2D eigenvalue weighted by Gasteiger charge is -2.19. The van der Waals surface area contributed by atoms with Crippen LogP contribution >= 0.6 is 0 Å². The summed E-state index contributed by atoms with van der Waals surface area (Å²) < 4.78 is 7.64. The zero-order valence-electron chi connectivity index (χ0n) is 21.8. The van der Waals surface area contributed by atoms with Gasteiger partial charge in [0.15, 0.2) is 0 Å². The van der Waals surface area contributed by atoms with Crippen molar-refractivity contribution in [3.8, 4) is 16.9 Å². The van der Waals surface area contributed by atoms with E-state index in [1.807, 2.05) is 48.7 Å². The molecule has 9 nitrogen and oxygen atoms in total. The van der Waals surface area contributed by atoms with Crippen LogP contribution < -0.4 is 10.5 Å². The van der Waals surface area contributed by atoms with Crippen molar-refractivity contribution in [2.45, 2.75) is 25.4 Å². The number of hydrogen-bond acceptors (Lipinski definition) is 6. The summed E-state index contributed by atoms with van der Waals surface area (Å²) in [7, 11) is 2.17. The number of aromatic carboxylic acids is 1. The highest BCUT2D eigenvalue weighted by Crippen LogP contribution is 2.28. The monoisotopic (exact) mass is 524 g/mol. The van der Waals surface area contributed by atoms with Crippen molar-refractivity contribution in [1.29, 1.82) is 0 Å². The minimum absolute atomic E-state index is 0.214. The highest BCUT2D eigenvalue weighted by molar-refractivity contribution is 5.91. The number of nitrogens with two attached hydrogens (primary N) is 1. The Bertz CT molecular complexity index is 1540. The molecule has 200 valence electrons. The molecule has 2 aromatic carbocycles. The predicted molar refractivity (Wildman–Crippen MR) is 152 cm³/mol. The second kappa shape index (κ2) is 11.8. The Morgan fingerprint density at radius 1 is 1.13 bits per heavy atom. The number of aromatic nitrogens is 4. The quantitative estimate of drug-likeness (QED) is 0.276. The molecule has 0 spiro atoms. The van der Waals surface area contributed by atoms with Crippen LogP contribution in [0.5, 0.6) is 5.75 Å². The summed E-state index contributed by atoms with van der Waals surface area (Å²) in [5, 5.41) is 13.6. The van der Waals surface area contributed by atoms with Gasteiger partial charge in [0, 0.05) is 35.6 Å². The van der Waals surface area contributed by atoms with Gasteiger partial charge in [0.25, 0.3) is 0 Å². The number of aromatic amines is 1. The highest BCUT2D eigenvalue weighted by Gasteiger charge is 2.21. The standard InChI is InChI=1S/C19H22N4O.C11H10N2O2/c1-23-7-3-5-15(23)12-24-16-6-2-4-13(8-16)14-9-17-18(20)11-22-19(17)21-10-14;14-11(15)10-6-12-13(8-10)7-9-4-2-1-3-5-9/h2,4,6,8-11,15H,3,5,7,12,20H2,1H3,(H,21,22);1-6,8H,7H2,(H,14,15)/t15-;/m0./s1. The summed E-state index contributed by atoms with van der Waals surface area (Å²) in [6, 6.07) is 20.5. The van der Waals surface area contributed by atoms with Crippen molar-refractivity contribution < 1.29 is 14.6 Å². The molecule has 0 amide bonds. The first-order chi connectivity index (χ1) is 19.0. The number of H-pyrrole nitrogens is 1. The number of carboxylic acid groups (broad SMARTS) is 1. The van der Waals surface area contributed by atoms with Gasteiger partial charge in [-0.05, 0) is 55.8 Å². The van der Waals surface area contributed by atoms with E-state index < -0.39 is 5.97 Å². The van der Waals surface area contributed by atoms with Crippen LogP contribution in [0.4, 0.5) is 5.69 Å². The van der Waals surface area contributed by atoms with E-state index in [4.69, 9.17) is 15.6 Å². The van der Waals surface area contributed by atoms with Gasteiger partial charge in [-0.2, -0.15) is 5.10 Å². The van der Waals surface area contributed by atoms with Crippen molar-refractivity contribution in [3.05, 3.63) is 96.6 Å². The Morgan fingerprint density at radius 3 is 2.72 bits per heavy atom. The summed E-state index contributed by atoms with van der Waals surface area (Å²) in [4.78, 5) is 20.5. The minimum Gasteiger partial charge on any atom is -0.492 e. The molecule has 0 radical (unpaired) electrons. The van der Waals surface area contributed by atoms with Gasteiger partial charge in [0.2, 0.25) is 0 Å². The SMILES string of the molecule is CN1CCC[C@H]1COc1cccc(-c2cnc3[nH]cc(N)c3c2)c1.O=C(O)c1cnn(Cc2ccccc2)c1. The number of carboxylic acids is 1. The number of carbonyl (C=O) groups is 1. The van der Waals surface area contributed by atoms with Crippen molar-refractivity contribution in [1.82, 2.24) is 24.6 Å². The number of hydrogen-bond donors (Lipinski definition) is 3. The van der Waals surface area contributed by atoms with Crippen molar-refractivity contribution >= 4 is 22.7 Å². The molecule has 5 aromatic rings. The lowest BCUT2D eigenvalue weighted by atomic mass is 10.1. The summed E-state index contributed by atoms with van der Waals surface area (Å²) in [6.07, 6.45) is 8.99. The number of fused-ring (bicyclic) bond motifs is 1. The zero-order valence-corrected chi connectivity index (χ0v) is 21.8. The van der Waals surface area contributed by atoms with Crippen LogP contribution in [0.2, 0.25) is 0 Å². The van der Waals surface area contributed by atoms with Crippen LogP contribution in [-0.2, 0) is 6.54 Å². The minimum atomic E-state index is -0.950. The number of anilines is 1. The molecule has 3 aromatic heterocycles. The number of benzene rings is 2. The van der Waals surface area contributed by atoms with Crippen molar-refractivity contribution in [3.63, 3.8) is 0 Å². The van der Waals surface area contributed by atoms with Gasteiger partial charge in [0.1, 0.15) is 18.0 Å². The molecule has 0 bridgehead atoms. The summed E-state index contributed by atoms with van der Waals surface area (Å²) in [5.74, 6) is -0.0516. The van der Waals surface area contributed by atoms with Gasteiger partial charge in [-0.25, -0.2) is 9.78 Å². The van der Waals surface area contributed by atoms with Gasteiger partial charge in [-0.1, -0.05) is 42.5 Å². The van der Waals surface area contributed by atoms with Gasteiger partial charge in [-0.3, -0.25) is 4.68 Å². The number of pyridine rings is 1. The molecule has 39 heavy (non-hydrogen) atoms. The molecule has 1 atom stereocenters. The van der Waals surface area contributed by atoms with Crippen LogP contribution in [0.15, 0.2) is 85.5 Å². The van der Waals surface area contributed by atoms with E-state index in [2.05, 4.69) is 45.2 Å². The Labute approximate surface area is 226 Å². The predicted octanol–water partition coefficient (Wildman–Crippen LogP) is 4.91. The molecule has 6 rings (SSSR count). The fourth-order valence-electron chi connectivity index (χ4n) is 4.66. The molecule has 4 N–H and O–H groups in total. The average molecular weight is 525 g/mol. The fourth-order valence-corrected chi connectivity index (χ4v) is 4.66. The first-order valence-corrected chi connectivity index (χ1v) is 12.9. The number of rotatable bonds is 7. The van der Waals surface area contributed by atoms with Crippen molar-refractivity contribution in [2.75, 3.05) is 25.9 Å². The smallest absolute Gasteiger partial charge is 0.338 e. The van der Waals surface area contributed by atoms with Crippen LogP contribution in [0.1, 0.15) is 28.8 Å². The van der Waals surface area contributed by atoms with Gasteiger partial charge < -0.3 is 25.5 Å². The summed E-state index contributed by atoms with van der Waals surface area (Å²) in [5.41, 5.74) is 10.9. The van der Waals surface area contributed by atoms with E-state index in [1.54, 1.807) is 10.9 Å². The maximum Gasteiger partial charge on any atom is 0.338 e. The number of nitrogens with one attached hydrogen (secondary N) is 1. The molecule has 1 aliphatic heterocycles. The third-order valence-corrected chi connectivity index (χ3v) is 6.91. The molecule has 4 heterocycles. The first-order valence-electron chi connectivity index (χ1n) is 12.9. The van der Waals surface area contributed by atoms with Gasteiger partial charge in [0.05, 0.1) is 24.0 Å². The van der Waals surface area contributed by atoms with E-state index in [-0.39, 0.29) is 5.56 Å². The topological polar surface area (TPSA) is 122 Å². The van der Waals surface area contributed by atoms with E-state index in [0.717, 1.165) is 52.3 Å². The normalized spacial score (nSPS) is 15.2. The van der Waals surface area contributed by atoms with E-state index in [1.165, 1.54) is 25.2 Å². The molecule has 1 saturated heterocycles. The highest BCUT2D eigenvalue weighted by atomic mass is 16.5. The molecule has 0 unspecified atom stereocenters. The molecule has 1 aliphatic rings. The maximum absolute atomic E-state index is 10.6. The van der Waals surface area contributed by atoms with Crippen molar-refractivity contribution in [2.24, 2.45) is 0 Å². The molecule has 1 fully saturated rings. The van der Waals surface area contributed by atoms with E-state index in [0.29, 0.717) is 12.6 Å². The van der Waals surface area contributed by atoms with E-state index >= 15 is 0 Å². The third kappa shape index (κ3) is 6.45. The number of likely N-dealkylation sites (N-methyl/N-ethyl adjacent to an activating group) is 1. The zero-order chi connectivity index (χ0) is 27.2. The molecule has 0 aliphatic carbocycles. The maximum atomic E-state index is 10.6. The van der Waals surface area contributed by atoms with Crippen LogP contribution in [-0.4, -0.2) is 62.0 Å². The van der Waals surface area contributed by atoms with Crippen LogP contribution in [0.25, 0.3) is 22.2 Å². The number of ether oxygens (including phenoxy) is 1. The number of likely N-dealkylation sites (tertiary alicyclic amines) is 1. The van der Waals surface area contributed by atoms with Gasteiger partial charge in [-0.15, -0.1) is 0 Å². The third-order valence-electron chi connectivity index (χ3n) is 6.91.